The molecule has 1 aromatic carbocycles. The maximum atomic E-state index is 12.3. The van der Waals surface area contributed by atoms with Crippen molar-refractivity contribution in [1.29, 1.82) is 5.26 Å². The number of hydrogen-bond acceptors (Lipinski definition) is 6. The maximum absolute atomic E-state index is 12.3. The summed E-state index contributed by atoms with van der Waals surface area (Å²) in [5, 5.41) is 13.1. The van der Waals surface area contributed by atoms with Gasteiger partial charge >= 0.3 is 5.97 Å². The summed E-state index contributed by atoms with van der Waals surface area (Å²) in [6.45, 7) is 3.33. The van der Waals surface area contributed by atoms with E-state index in [0.29, 0.717) is 41.4 Å². The lowest BCUT2D eigenvalue weighted by atomic mass is 10.2. The molecule has 2 heterocycles. The third kappa shape index (κ3) is 3.00. The summed E-state index contributed by atoms with van der Waals surface area (Å²) in [4.78, 5) is 12.3. The first kappa shape index (κ1) is 15.4. The number of fused-ring (bicyclic) bond motifs is 1. The van der Waals surface area contributed by atoms with E-state index in [0.717, 1.165) is 0 Å². The molecule has 1 aliphatic rings. The number of ether oxygens (including phenoxy) is 3. The molecule has 1 aliphatic heterocycles. The quantitative estimate of drug-likeness (QED) is 0.600. The number of aromatic nitrogens is 2. The summed E-state index contributed by atoms with van der Waals surface area (Å²) in [6.07, 6.45) is 0. The van der Waals surface area contributed by atoms with E-state index in [1.807, 2.05) is 6.07 Å². The van der Waals surface area contributed by atoms with Gasteiger partial charge in [-0.3, -0.25) is 0 Å². The van der Waals surface area contributed by atoms with Crippen LogP contribution in [-0.2, 0) is 6.54 Å². The lowest BCUT2D eigenvalue weighted by molar-refractivity contribution is 0.0719. The van der Waals surface area contributed by atoms with Crippen LogP contribution in [0, 0.1) is 11.3 Å². The second-order valence-corrected chi connectivity index (χ2v) is 5.51. The van der Waals surface area contributed by atoms with Crippen LogP contribution in [0.2, 0.25) is 0 Å². The smallest absolute Gasteiger partial charge is 0.364 e. The van der Waals surface area contributed by atoms with Crippen molar-refractivity contribution in [3.05, 3.63) is 33.9 Å². The number of esters is 1. The average molecular weight is 378 g/mol. The van der Waals surface area contributed by atoms with Crippen molar-refractivity contribution in [2.75, 3.05) is 13.2 Å². The molecule has 0 saturated carbocycles. The Labute approximate surface area is 140 Å². The zero-order valence-electron chi connectivity index (χ0n) is 12.2. The minimum Gasteiger partial charge on any atom is -0.490 e. The maximum Gasteiger partial charge on any atom is 0.364 e. The van der Waals surface area contributed by atoms with Gasteiger partial charge in [0.1, 0.15) is 6.61 Å². The average Bonchev–Trinajstić information content (AvgIpc) is 3.11. The van der Waals surface area contributed by atoms with Crippen LogP contribution in [0.15, 0.2) is 22.7 Å². The number of halogens is 1. The molecule has 7 nitrogen and oxygen atoms in total. The Bertz CT molecular complexity index is 788. The van der Waals surface area contributed by atoms with Crippen molar-refractivity contribution in [1.82, 2.24) is 9.78 Å². The van der Waals surface area contributed by atoms with Gasteiger partial charge in [0.05, 0.1) is 29.3 Å². The molecule has 0 bridgehead atoms. The highest BCUT2D eigenvalue weighted by molar-refractivity contribution is 9.10. The van der Waals surface area contributed by atoms with Gasteiger partial charge in [-0.15, -0.1) is 0 Å². The van der Waals surface area contributed by atoms with Crippen molar-refractivity contribution in [2.45, 2.75) is 13.5 Å². The summed E-state index contributed by atoms with van der Waals surface area (Å²) < 4.78 is 18.2. The Balaban J connectivity index is 1.89. The Kier molecular flexibility index (Phi) is 4.21. The van der Waals surface area contributed by atoms with Gasteiger partial charge in [0, 0.05) is 12.1 Å². The minimum absolute atomic E-state index is 0.151. The van der Waals surface area contributed by atoms with Gasteiger partial charge in [-0.1, -0.05) is 0 Å². The van der Waals surface area contributed by atoms with E-state index in [-0.39, 0.29) is 11.4 Å². The second kappa shape index (κ2) is 6.30. The number of nitriles is 1. The Morgan fingerprint density at radius 3 is 3.04 bits per heavy atom. The topological polar surface area (TPSA) is 86.4 Å². The predicted octanol–water partition coefficient (Wildman–Crippen LogP) is 2.53. The van der Waals surface area contributed by atoms with Gasteiger partial charge in [-0.25, -0.2) is 9.48 Å². The number of nitrogens with zero attached hydrogens (tertiary/aromatic N) is 3. The molecular weight excluding hydrogens is 366 g/mol. The van der Waals surface area contributed by atoms with E-state index in [9.17, 15) is 4.79 Å². The Hall–Kier alpha value is -2.53. The van der Waals surface area contributed by atoms with E-state index in [1.54, 1.807) is 17.7 Å². The molecule has 0 saturated heterocycles. The monoisotopic (exact) mass is 377 g/mol. The molecule has 0 unspecified atom stereocenters. The van der Waals surface area contributed by atoms with Crippen LogP contribution in [0.5, 0.6) is 17.4 Å². The van der Waals surface area contributed by atoms with E-state index in [2.05, 4.69) is 21.0 Å². The van der Waals surface area contributed by atoms with Crippen molar-refractivity contribution < 1.29 is 19.0 Å². The third-order valence-electron chi connectivity index (χ3n) is 3.14. The molecule has 0 fully saturated rings. The lowest BCUT2D eigenvalue weighted by Gasteiger charge is -2.12. The standard InChI is InChI=1S/C15H12BrN3O4/c1-2-21-12-6-9(8-17)5-10(16)14(12)23-15(20)11-7-13-19(18-11)3-4-22-13/h5-7H,2-4H2,1H3. The molecule has 0 N–H and O–H groups in total. The molecule has 0 amide bonds. The molecule has 1 aromatic heterocycles. The number of rotatable bonds is 4. The highest BCUT2D eigenvalue weighted by atomic mass is 79.9. The molecule has 8 heteroatoms. The first-order valence-corrected chi connectivity index (χ1v) is 7.71. The zero-order valence-corrected chi connectivity index (χ0v) is 13.8. The fourth-order valence-electron chi connectivity index (χ4n) is 2.15. The molecule has 2 aromatic rings. The van der Waals surface area contributed by atoms with Crippen LogP contribution >= 0.6 is 15.9 Å². The first-order valence-electron chi connectivity index (χ1n) is 6.91. The fourth-order valence-corrected chi connectivity index (χ4v) is 2.67. The van der Waals surface area contributed by atoms with Gasteiger partial charge in [0.25, 0.3) is 0 Å². The summed E-state index contributed by atoms with van der Waals surface area (Å²) in [7, 11) is 0. The summed E-state index contributed by atoms with van der Waals surface area (Å²) >= 11 is 3.30. The van der Waals surface area contributed by atoms with E-state index < -0.39 is 5.97 Å². The largest absolute Gasteiger partial charge is 0.490 e. The van der Waals surface area contributed by atoms with Crippen molar-refractivity contribution in [3.8, 4) is 23.4 Å². The Morgan fingerprint density at radius 1 is 1.52 bits per heavy atom. The summed E-state index contributed by atoms with van der Waals surface area (Å²) in [5.74, 6) is 0.447. The van der Waals surface area contributed by atoms with Gasteiger partial charge in [-0.2, -0.15) is 10.4 Å². The molecule has 0 radical (unpaired) electrons. The van der Waals surface area contributed by atoms with Crippen molar-refractivity contribution in [3.63, 3.8) is 0 Å². The van der Waals surface area contributed by atoms with Gasteiger partial charge in [0.15, 0.2) is 17.2 Å². The number of hydrogen-bond donors (Lipinski definition) is 0. The normalized spacial score (nSPS) is 12.2. The zero-order chi connectivity index (χ0) is 16.4. The number of benzene rings is 1. The second-order valence-electron chi connectivity index (χ2n) is 4.66. The van der Waals surface area contributed by atoms with Crippen LogP contribution in [0.4, 0.5) is 0 Å². The third-order valence-corrected chi connectivity index (χ3v) is 3.73. The van der Waals surface area contributed by atoms with E-state index in [4.69, 9.17) is 19.5 Å². The van der Waals surface area contributed by atoms with Crippen LogP contribution in [0.3, 0.4) is 0 Å². The van der Waals surface area contributed by atoms with Gasteiger partial charge in [0.2, 0.25) is 5.88 Å². The minimum atomic E-state index is -0.623. The van der Waals surface area contributed by atoms with E-state index >= 15 is 0 Å². The summed E-state index contributed by atoms with van der Waals surface area (Å²) in [6, 6.07) is 6.64. The van der Waals surface area contributed by atoms with Crippen LogP contribution in [0.1, 0.15) is 23.0 Å². The summed E-state index contributed by atoms with van der Waals surface area (Å²) in [5.41, 5.74) is 0.549. The molecule has 0 spiro atoms. The number of carbonyl (C=O) groups excluding carboxylic acids is 1. The van der Waals surface area contributed by atoms with Gasteiger partial charge in [-0.05, 0) is 28.9 Å². The van der Waals surface area contributed by atoms with Crippen LogP contribution in [-0.4, -0.2) is 29.0 Å². The van der Waals surface area contributed by atoms with E-state index in [1.165, 1.54) is 12.1 Å². The molecule has 3 rings (SSSR count). The number of carbonyl (C=O) groups is 1. The highest BCUT2D eigenvalue weighted by Gasteiger charge is 2.23. The Morgan fingerprint density at radius 2 is 2.35 bits per heavy atom. The van der Waals surface area contributed by atoms with Crippen molar-refractivity contribution >= 4 is 21.9 Å². The van der Waals surface area contributed by atoms with Crippen LogP contribution in [0.25, 0.3) is 0 Å². The SMILES string of the molecule is CCOc1cc(C#N)cc(Br)c1OC(=O)c1cc2n(n1)CCO2. The van der Waals surface area contributed by atoms with Crippen molar-refractivity contribution in [2.24, 2.45) is 0 Å². The van der Waals surface area contributed by atoms with Gasteiger partial charge < -0.3 is 14.2 Å². The first-order chi connectivity index (χ1) is 11.1. The molecule has 23 heavy (non-hydrogen) atoms. The molecule has 118 valence electrons. The predicted molar refractivity (Wildman–Crippen MR) is 82.7 cm³/mol. The molecular formula is C15H12BrN3O4. The lowest BCUT2D eigenvalue weighted by Crippen LogP contribution is -2.12. The molecule has 0 atom stereocenters. The van der Waals surface area contributed by atoms with Crippen LogP contribution < -0.4 is 14.2 Å². The highest BCUT2D eigenvalue weighted by Crippen LogP contribution is 2.37. The molecule has 0 aliphatic carbocycles. The fraction of sp³-hybridized carbons (Fsp3) is 0.267.